The molecule has 0 saturated carbocycles. The van der Waals surface area contributed by atoms with E-state index >= 15 is 0 Å². The third kappa shape index (κ3) is 70.5. The van der Waals surface area contributed by atoms with Crippen LogP contribution < -0.4 is 0 Å². The van der Waals surface area contributed by atoms with Crippen LogP contribution in [-0.2, 0) is 65.4 Å². The Balaban J connectivity index is 5.16. The summed E-state index contributed by atoms with van der Waals surface area (Å²) in [5, 5.41) is 10.6. The van der Waals surface area contributed by atoms with E-state index in [1.165, 1.54) is 244 Å². The molecule has 0 aliphatic heterocycles. The first-order chi connectivity index (χ1) is 46.7. The van der Waals surface area contributed by atoms with Crippen molar-refractivity contribution >= 4 is 39.5 Å². The van der Waals surface area contributed by atoms with Crippen molar-refractivity contribution < 1.29 is 80.2 Å². The van der Waals surface area contributed by atoms with Gasteiger partial charge >= 0.3 is 39.5 Å². The maximum atomic E-state index is 13.1. The highest BCUT2D eigenvalue weighted by Crippen LogP contribution is 2.45. The SMILES string of the molecule is CCCCCCCCCCCCCCCCCCCCCCCCC(=O)O[C@H](COC(=O)CCCCCCCCCCCCCCCC)COP(=O)(O)OC[C@@H](O)COP(=O)(O)OC[C@@H](COC(=O)CCCCCCCCCCC)OC(=O)CCCCCCCCCCCCC. The summed E-state index contributed by atoms with van der Waals surface area (Å²) in [4.78, 5) is 72.7. The molecule has 2 unspecified atom stereocenters. The van der Waals surface area contributed by atoms with E-state index in [0.717, 1.165) is 89.9 Å². The predicted octanol–water partition coefficient (Wildman–Crippen LogP) is 23.0. The molecule has 0 amide bonds. The van der Waals surface area contributed by atoms with Gasteiger partial charge in [-0.25, -0.2) is 9.13 Å². The van der Waals surface area contributed by atoms with E-state index in [0.29, 0.717) is 25.7 Å². The Morgan fingerprint density at radius 1 is 0.250 bits per heavy atom. The van der Waals surface area contributed by atoms with Crippen molar-refractivity contribution in [1.29, 1.82) is 0 Å². The lowest BCUT2D eigenvalue weighted by Gasteiger charge is -2.21. The highest BCUT2D eigenvalue weighted by atomic mass is 31.2. The van der Waals surface area contributed by atoms with Crippen LogP contribution in [0.1, 0.15) is 413 Å². The van der Waals surface area contributed by atoms with Crippen LogP contribution >= 0.6 is 15.6 Å². The Morgan fingerprint density at radius 2 is 0.417 bits per heavy atom. The van der Waals surface area contributed by atoms with E-state index in [1.807, 2.05) is 0 Å². The molecule has 0 spiro atoms. The minimum Gasteiger partial charge on any atom is -0.462 e. The van der Waals surface area contributed by atoms with Gasteiger partial charge in [-0.05, 0) is 25.7 Å². The van der Waals surface area contributed by atoms with Crippen molar-refractivity contribution in [2.24, 2.45) is 0 Å². The van der Waals surface area contributed by atoms with E-state index in [1.54, 1.807) is 0 Å². The van der Waals surface area contributed by atoms with Crippen molar-refractivity contribution in [2.75, 3.05) is 39.6 Å². The first kappa shape index (κ1) is 94.1. The lowest BCUT2D eigenvalue weighted by Crippen LogP contribution is -2.30. The fraction of sp³-hybridized carbons (Fsp3) is 0.948. The minimum atomic E-state index is -4.96. The third-order valence-corrected chi connectivity index (χ3v) is 20.0. The molecule has 0 aliphatic rings. The molecule has 0 radical (unpaired) electrons. The Kier molecular flexibility index (Phi) is 70.0. The summed E-state index contributed by atoms with van der Waals surface area (Å²) in [5.74, 6) is -2.11. The average molecular weight is 1410 g/mol. The number of carbonyl (C=O) groups is 4. The zero-order valence-electron chi connectivity index (χ0n) is 62.4. The summed E-state index contributed by atoms with van der Waals surface area (Å²) in [5.41, 5.74) is 0. The van der Waals surface area contributed by atoms with E-state index in [9.17, 15) is 43.2 Å². The number of hydrogen-bond donors (Lipinski definition) is 3. The first-order valence-corrected chi connectivity index (χ1v) is 43.3. The number of carbonyl (C=O) groups excluding carboxylic acids is 4. The predicted molar refractivity (Wildman–Crippen MR) is 391 cm³/mol. The molecule has 0 aromatic heterocycles. The van der Waals surface area contributed by atoms with Crippen molar-refractivity contribution in [3.63, 3.8) is 0 Å². The number of aliphatic hydroxyl groups excluding tert-OH is 1. The molecule has 0 aromatic carbocycles. The number of rotatable bonds is 78. The van der Waals surface area contributed by atoms with E-state index in [-0.39, 0.29) is 25.7 Å². The van der Waals surface area contributed by atoms with Crippen molar-refractivity contribution in [1.82, 2.24) is 0 Å². The quantitative estimate of drug-likeness (QED) is 0.0222. The van der Waals surface area contributed by atoms with Gasteiger partial charge in [0.25, 0.3) is 0 Å². The molecule has 0 saturated heterocycles. The zero-order valence-corrected chi connectivity index (χ0v) is 64.1. The van der Waals surface area contributed by atoms with Gasteiger partial charge in [-0.2, -0.15) is 0 Å². The number of unbranched alkanes of at least 4 members (excludes halogenated alkanes) is 52. The standard InChI is InChI=1S/C77H150O17P2/c1-5-9-13-17-21-25-28-30-32-33-34-35-36-37-38-39-41-44-48-52-56-60-64-77(82)94-73(68-88-75(80)62-58-54-50-46-43-40-31-29-26-22-18-14-10-6-2)70-92-96(85,86)90-66-71(78)65-89-95(83,84)91-69-72(67-87-74(79)61-57-53-49-45-24-20-16-12-8-4)93-76(81)63-59-55-51-47-42-27-23-19-15-11-7-3/h71-73,78H,5-70H2,1-4H3,(H,83,84)(H,85,86)/t71-,72+,73+/m0/s1. The number of ether oxygens (including phenoxy) is 4. The molecule has 0 heterocycles. The number of esters is 4. The monoisotopic (exact) mass is 1410 g/mol. The van der Waals surface area contributed by atoms with Gasteiger partial charge in [0.05, 0.1) is 26.4 Å². The van der Waals surface area contributed by atoms with Gasteiger partial charge in [0.2, 0.25) is 0 Å². The van der Waals surface area contributed by atoms with Gasteiger partial charge in [0.1, 0.15) is 19.3 Å². The molecule has 0 aliphatic carbocycles. The summed E-state index contributed by atoms with van der Waals surface area (Å²) in [6.07, 6.45) is 62.5. The molecule has 0 rings (SSSR count). The second-order valence-corrected chi connectivity index (χ2v) is 30.7. The highest BCUT2D eigenvalue weighted by molar-refractivity contribution is 7.47. The summed E-state index contributed by atoms with van der Waals surface area (Å²) in [7, 11) is -9.90. The second kappa shape index (κ2) is 71.5. The molecule has 17 nitrogen and oxygen atoms in total. The summed E-state index contributed by atoms with van der Waals surface area (Å²) in [6, 6.07) is 0. The van der Waals surface area contributed by atoms with Crippen LogP contribution in [0.4, 0.5) is 0 Å². The fourth-order valence-electron chi connectivity index (χ4n) is 11.9. The molecule has 3 N–H and O–H groups in total. The fourth-order valence-corrected chi connectivity index (χ4v) is 13.5. The van der Waals surface area contributed by atoms with Gasteiger partial charge in [-0.1, -0.05) is 362 Å². The van der Waals surface area contributed by atoms with Crippen molar-refractivity contribution in [2.45, 2.75) is 431 Å². The van der Waals surface area contributed by atoms with Crippen LogP contribution in [0.3, 0.4) is 0 Å². The molecule has 5 atom stereocenters. The van der Waals surface area contributed by atoms with Gasteiger partial charge in [-0.15, -0.1) is 0 Å². The zero-order chi connectivity index (χ0) is 70.4. The maximum absolute atomic E-state index is 13.1. The van der Waals surface area contributed by atoms with E-state index in [2.05, 4.69) is 27.7 Å². The largest absolute Gasteiger partial charge is 0.472 e. The maximum Gasteiger partial charge on any atom is 0.472 e. The molecule has 19 heteroatoms. The Labute approximate surface area is 588 Å². The topological polar surface area (TPSA) is 237 Å². The Hall–Kier alpha value is -1.94. The summed E-state index contributed by atoms with van der Waals surface area (Å²) >= 11 is 0. The van der Waals surface area contributed by atoms with Crippen molar-refractivity contribution in [3.8, 4) is 0 Å². The summed E-state index contributed by atoms with van der Waals surface area (Å²) < 4.78 is 68.5. The van der Waals surface area contributed by atoms with Gasteiger partial charge in [0.15, 0.2) is 12.2 Å². The number of hydrogen-bond acceptors (Lipinski definition) is 15. The van der Waals surface area contributed by atoms with Crippen LogP contribution in [0.5, 0.6) is 0 Å². The molecular formula is C77H150O17P2. The molecule has 0 aromatic rings. The van der Waals surface area contributed by atoms with Crippen molar-refractivity contribution in [3.05, 3.63) is 0 Å². The van der Waals surface area contributed by atoms with Crippen LogP contribution in [0.15, 0.2) is 0 Å². The Morgan fingerprint density at radius 3 is 0.615 bits per heavy atom. The lowest BCUT2D eigenvalue weighted by atomic mass is 10.0. The number of phosphoric ester groups is 2. The van der Waals surface area contributed by atoms with Crippen LogP contribution in [-0.4, -0.2) is 96.7 Å². The lowest BCUT2D eigenvalue weighted by molar-refractivity contribution is -0.161. The number of phosphoric acid groups is 2. The Bertz CT molecular complexity index is 1830. The van der Waals surface area contributed by atoms with Crippen LogP contribution in [0.25, 0.3) is 0 Å². The van der Waals surface area contributed by atoms with Gasteiger partial charge < -0.3 is 33.8 Å². The average Bonchev–Trinajstić information content (AvgIpc) is 3.76. The van der Waals surface area contributed by atoms with Crippen LogP contribution in [0.2, 0.25) is 0 Å². The normalized spacial score (nSPS) is 13.9. The molecule has 0 fully saturated rings. The van der Waals surface area contributed by atoms with Crippen LogP contribution in [0, 0.1) is 0 Å². The first-order valence-electron chi connectivity index (χ1n) is 40.3. The van der Waals surface area contributed by atoms with Gasteiger partial charge in [-0.3, -0.25) is 37.3 Å². The number of aliphatic hydroxyl groups is 1. The third-order valence-electron chi connectivity index (χ3n) is 18.1. The molecule has 0 bridgehead atoms. The van der Waals surface area contributed by atoms with Gasteiger partial charge in [0, 0.05) is 25.7 Å². The second-order valence-electron chi connectivity index (χ2n) is 27.7. The summed E-state index contributed by atoms with van der Waals surface area (Å²) in [6.45, 7) is 4.97. The smallest absolute Gasteiger partial charge is 0.462 e. The van der Waals surface area contributed by atoms with E-state index < -0.39 is 97.5 Å². The molecular weight excluding hydrogens is 1260 g/mol. The molecule has 96 heavy (non-hydrogen) atoms. The highest BCUT2D eigenvalue weighted by Gasteiger charge is 2.30. The molecule has 570 valence electrons. The van der Waals surface area contributed by atoms with E-state index in [4.69, 9.17) is 37.0 Å². The minimum absolute atomic E-state index is 0.108.